The molecule has 0 aromatic carbocycles. The van der Waals surface area contributed by atoms with Crippen molar-refractivity contribution in [3.8, 4) is 0 Å². The third-order valence-corrected chi connectivity index (χ3v) is 4.21. The van der Waals surface area contributed by atoms with E-state index in [-0.39, 0.29) is 11.5 Å². The van der Waals surface area contributed by atoms with Crippen LogP contribution < -0.4 is 0 Å². The quantitative estimate of drug-likeness (QED) is 0.711. The monoisotopic (exact) mass is 184 g/mol. The predicted molar refractivity (Wildman–Crippen MR) is 51.5 cm³/mol. The zero-order valence-electron chi connectivity index (χ0n) is 8.46. The minimum absolute atomic E-state index is 0.108. The molecule has 13 heavy (non-hydrogen) atoms. The number of aliphatic hydroxyl groups excluding tert-OH is 1. The topological polar surface area (TPSA) is 29.5 Å². The summed E-state index contributed by atoms with van der Waals surface area (Å²) in [6.07, 6.45) is 6.62. The average Bonchev–Trinajstić information content (AvgIpc) is 2.73. The van der Waals surface area contributed by atoms with Crippen molar-refractivity contribution >= 4 is 0 Å². The summed E-state index contributed by atoms with van der Waals surface area (Å²) in [5, 5.41) is 9.57. The molecule has 2 heteroatoms. The van der Waals surface area contributed by atoms with Crippen LogP contribution in [0.1, 0.15) is 39.0 Å². The van der Waals surface area contributed by atoms with Crippen molar-refractivity contribution in [2.24, 2.45) is 11.3 Å². The molecule has 1 saturated heterocycles. The van der Waals surface area contributed by atoms with E-state index in [1.807, 2.05) is 0 Å². The molecule has 2 fully saturated rings. The minimum Gasteiger partial charge on any atom is -0.396 e. The molecule has 1 N–H and O–H groups in total. The Kier molecular flexibility index (Phi) is 2.61. The van der Waals surface area contributed by atoms with Crippen molar-refractivity contribution in [2.45, 2.75) is 45.1 Å². The van der Waals surface area contributed by atoms with E-state index in [9.17, 15) is 5.11 Å². The Morgan fingerprint density at radius 1 is 1.38 bits per heavy atom. The van der Waals surface area contributed by atoms with E-state index in [4.69, 9.17) is 4.74 Å². The number of hydrogen-bond donors (Lipinski definition) is 1. The highest BCUT2D eigenvalue weighted by molar-refractivity contribution is 4.96. The first kappa shape index (κ1) is 9.47. The number of ether oxygens (including phenoxy) is 1. The molecule has 0 bridgehead atoms. The molecule has 0 spiro atoms. The van der Waals surface area contributed by atoms with Crippen LogP contribution in [0.3, 0.4) is 0 Å². The summed E-state index contributed by atoms with van der Waals surface area (Å²) in [6.45, 7) is 3.29. The fourth-order valence-corrected chi connectivity index (χ4v) is 3.17. The Morgan fingerprint density at radius 2 is 2.08 bits per heavy atom. The van der Waals surface area contributed by atoms with Crippen molar-refractivity contribution in [1.82, 2.24) is 0 Å². The maximum atomic E-state index is 9.57. The minimum atomic E-state index is 0.108. The Bertz CT molecular complexity index is 175. The van der Waals surface area contributed by atoms with E-state index in [0.717, 1.165) is 18.9 Å². The second kappa shape index (κ2) is 3.58. The van der Waals surface area contributed by atoms with Crippen molar-refractivity contribution in [2.75, 3.05) is 13.2 Å². The van der Waals surface area contributed by atoms with Gasteiger partial charge in [0.25, 0.3) is 0 Å². The molecule has 1 saturated carbocycles. The fraction of sp³-hybridized carbons (Fsp3) is 1.00. The van der Waals surface area contributed by atoms with Gasteiger partial charge in [0.1, 0.15) is 0 Å². The standard InChI is InChI=1S/C11H20O2/c1-9-11(8-12,6-7-13-9)10-4-2-3-5-10/h9-10,12H,2-8H2,1H3. The van der Waals surface area contributed by atoms with E-state index < -0.39 is 0 Å². The van der Waals surface area contributed by atoms with Crippen molar-refractivity contribution in [3.05, 3.63) is 0 Å². The van der Waals surface area contributed by atoms with Gasteiger partial charge in [0.15, 0.2) is 0 Å². The Labute approximate surface area is 80.3 Å². The second-order valence-corrected chi connectivity index (χ2v) is 4.64. The maximum absolute atomic E-state index is 9.57. The highest BCUT2D eigenvalue weighted by Crippen LogP contribution is 2.48. The molecule has 1 aliphatic heterocycles. The largest absolute Gasteiger partial charge is 0.396 e. The van der Waals surface area contributed by atoms with Crippen molar-refractivity contribution in [1.29, 1.82) is 0 Å². The van der Waals surface area contributed by atoms with E-state index in [2.05, 4.69) is 6.92 Å². The first-order chi connectivity index (χ1) is 6.29. The summed E-state index contributed by atoms with van der Waals surface area (Å²) in [4.78, 5) is 0. The Hall–Kier alpha value is -0.0800. The first-order valence-corrected chi connectivity index (χ1v) is 5.52. The van der Waals surface area contributed by atoms with Crippen LogP contribution in [-0.4, -0.2) is 24.4 Å². The molecule has 0 radical (unpaired) electrons. The van der Waals surface area contributed by atoms with Crippen LogP contribution >= 0.6 is 0 Å². The van der Waals surface area contributed by atoms with Gasteiger partial charge in [0.05, 0.1) is 12.7 Å². The molecule has 2 rings (SSSR count). The lowest BCUT2D eigenvalue weighted by atomic mass is 9.70. The molecular weight excluding hydrogens is 164 g/mol. The van der Waals surface area contributed by atoms with Gasteiger partial charge in [-0.15, -0.1) is 0 Å². The summed E-state index contributed by atoms with van der Waals surface area (Å²) >= 11 is 0. The third kappa shape index (κ3) is 1.40. The van der Waals surface area contributed by atoms with E-state index >= 15 is 0 Å². The Balaban J connectivity index is 2.13. The highest BCUT2D eigenvalue weighted by Gasteiger charge is 2.47. The SMILES string of the molecule is CC1OCCC1(CO)C1CCCC1. The van der Waals surface area contributed by atoms with Crippen molar-refractivity contribution in [3.63, 3.8) is 0 Å². The molecule has 0 aromatic heterocycles. The van der Waals surface area contributed by atoms with E-state index in [1.54, 1.807) is 0 Å². The lowest BCUT2D eigenvalue weighted by molar-refractivity contribution is -0.0104. The molecule has 2 aliphatic rings. The van der Waals surface area contributed by atoms with Gasteiger partial charge in [-0.25, -0.2) is 0 Å². The smallest absolute Gasteiger partial charge is 0.0628 e. The van der Waals surface area contributed by atoms with Crippen LogP contribution in [0.25, 0.3) is 0 Å². The number of hydrogen-bond acceptors (Lipinski definition) is 2. The van der Waals surface area contributed by atoms with Gasteiger partial charge >= 0.3 is 0 Å². The van der Waals surface area contributed by atoms with E-state index in [0.29, 0.717) is 6.61 Å². The molecule has 0 aromatic rings. The van der Waals surface area contributed by atoms with Gasteiger partial charge in [0.2, 0.25) is 0 Å². The van der Waals surface area contributed by atoms with Crippen molar-refractivity contribution < 1.29 is 9.84 Å². The third-order valence-electron chi connectivity index (χ3n) is 4.21. The molecule has 2 unspecified atom stereocenters. The lowest BCUT2D eigenvalue weighted by Crippen LogP contribution is -2.39. The summed E-state index contributed by atoms with van der Waals surface area (Å²) in [6, 6.07) is 0. The zero-order valence-corrected chi connectivity index (χ0v) is 8.46. The molecular formula is C11H20O2. The van der Waals surface area contributed by atoms with Gasteiger partial charge in [-0.1, -0.05) is 12.8 Å². The fourth-order valence-electron chi connectivity index (χ4n) is 3.17. The molecule has 2 nitrogen and oxygen atoms in total. The van der Waals surface area contributed by atoms with Crippen LogP contribution in [0.4, 0.5) is 0 Å². The van der Waals surface area contributed by atoms with Gasteiger partial charge in [-0.05, 0) is 32.1 Å². The number of rotatable bonds is 2. The second-order valence-electron chi connectivity index (χ2n) is 4.64. The zero-order chi connectivity index (χ0) is 9.31. The summed E-state index contributed by atoms with van der Waals surface area (Å²) in [7, 11) is 0. The molecule has 1 heterocycles. The van der Waals surface area contributed by atoms with Gasteiger partial charge in [-0.3, -0.25) is 0 Å². The molecule has 76 valence electrons. The lowest BCUT2D eigenvalue weighted by Gasteiger charge is -2.36. The van der Waals surface area contributed by atoms with Crippen LogP contribution in [0.5, 0.6) is 0 Å². The van der Waals surface area contributed by atoms with Crippen LogP contribution in [0, 0.1) is 11.3 Å². The summed E-state index contributed by atoms with van der Waals surface area (Å²) < 4.78 is 5.61. The summed E-state index contributed by atoms with van der Waals surface area (Å²) in [5.41, 5.74) is 0.108. The molecule has 1 aliphatic carbocycles. The Morgan fingerprint density at radius 3 is 2.54 bits per heavy atom. The average molecular weight is 184 g/mol. The maximum Gasteiger partial charge on any atom is 0.0628 e. The van der Waals surface area contributed by atoms with Crippen LogP contribution in [0.15, 0.2) is 0 Å². The summed E-state index contributed by atoms with van der Waals surface area (Å²) in [5.74, 6) is 0.718. The molecule has 0 amide bonds. The van der Waals surface area contributed by atoms with Gasteiger partial charge in [-0.2, -0.15) is 0 Å². The molecule has 2 atom stereocenters. The van der Waals surface area contributed by atoms with Gasteiger partial charge in [0, 0.05) is 12.0 Å². The van der Waals surface area contributed by atoms with Crippen LogP contribution in [0.2, 0.25) is 0 Å². The van der Waals surface area contributed by atoms with Crippen LogP contribution in [-0.2, 0) is 4.74 Å². The predicted octanol–water partition coefficient (Wildman–Crippen LogP) is 1.96. The number of aliphatic hydroxyl groups is 1. The first-order valence-electron chi connectivity index (χ1n) is 5.52. The van der Waals surface area contributed by atoms with E-state index in [1.165, 1.54) is 25.7 Å². The normalized spacial score (nSPS) is 41.5. The highest BCUT2D eigenvalue weighted by atomic mass is 16.5. The van der Waals surface area contributed by atoms with Gasteiger partial charge < -0.3 is 9.84 Å².